The van der Waals surface area contributed by atoms with E-state index in [1.807, 2.05) is 80.3 Å². The average Bonchev–Trinajstić information content (AvgIpc) is 3.17. The van der Waals surface area contributed by atoms with Gasteiger partial charge in [-0.3, -0.25) is 29.6 Å². The van der Waals surface area contributed by atoms with Crippen LogP contribution in [0.3, 0.4) is 0 Å². The first kappa shape index (κ1) is 36.4. The minimum Gasteiger partial charge on any atom is -0.289 e. The van der Waals surface area contributed by atoms with Crippen LogP contribution in [-0.4, -0.2) is 29.6 Å². The Kier molecular flexibility index (Phi) is 10.2. The standard InChI is InChI=1S/C46H42F4N6/c47-43-31-7-1-8-32(43)20-54-22-34-10-3-12-36(45(34)49)24-56-26-38-14-4-13-37(46(38)50)25-55(29-41-17-6-16-40(28-54)52-41)23-35-11-2-9-33(44(35)48)21-53(19-31)27-39-15-5-18-42(30-56)51-39/h1-18H,19-30H2. The van der Waals surface area contributed by atoms with Gasteiger partial charge in [-0.1, -0.05) is 84.9 Å². The molecule has 2 aromatic heterocycles. The highest BCUT2D eigenvalue weighted by molar-refractivity contribution is 5.32. The fourth-order valence-corrected chi connectivity index (χ4v) is 8.43. The van der Waals surface area contributed by atoms with Gasteiger partial charge in [0.25, 0.3) is 0 Å². The van der Waals surface area contributed by atoms with Crippen molar-refractivity contribution in [1.82, 2.24) is 29.6 Å². The van der Waals surface area contributed by atoms with Crippen LogP contribution in [0.1, 0.15) is 67.3 Å². The Labute approximate surface area is 324 Å². The highest BCUT2D eigenvalue weighted by atomic mass is 19.1. The predicted molar refractivity (Wildman–Crippen MR) is 206 cm³/mol. The third-order valence-corrected chi connectivity index (χ3v) is 11.1. The summed E-state index contributed by atoms with van der Waals surface area (Å²) < 4.78 is 66.9. The van der Waals surface area contributed by atoms with Crippen molar-refractivity contribution in [3.8, 4) is 0 Å². The van der Waals surface area contributed by atoms with E-state index in [1.165, 1.54) is 0 Å². The summed E-state index contributed by atoms with van der Waals surface area (Å²) in [5.41, 5.74) is 6.76. The number of hydrogen-bond acceptors (Lipinski definition) is 6. The molecule has 0 saturated heterocycles. The quantitative estimate of drug-likeness (QED) is 0.145. The summed E-state index contributed by atoms with van der Waals surface area (Å²) >= 11 is 0. The van der Waals surface area contributed by atoms with E-state index in [-0.39, 0.29) is 75.6 Å². The van der Waals surface area contributed by atoms with Gasteiger partial charge in [-0.05, 0) is 24.3 Å². The van der Waals surface area contributed by atoms with E-state index >= 15 is 17.6 Å². The Bertz CT molecular complexity index is 1980. The number of rotatable bonds is 0. The molecule has 6 nitrogen and oxygen atoms in total. The van der Waals surface area contributed by atoms with Gasteiger partial charge in [-0.15, -0.1) is 0 Å². The van der Waals surface area contributed by atoms with E-state index < -0.39 is 0 Å². The van der Waals surface area contributed by atoms with Gasteiger partial charge in [0.05, 0.1) is 22.8 Å². The molecule has 4 aromatic carbocycles. The van der Waals surface area contributed by atoms with Gasteiger partial charge in [0.2, 0.25) is 0 Å². The van der Waals surface area contributed by atoms with Crippen LogP contribution in [0, 0.1) is 23.3 Å². The summed E-state index contributed by atoms with van der Waals surface area (Å²) in [4.78, 5) is 18.2. The van der Waals surface area contributed by atoms with Crippen LogP contribution >= 0.6 is 0 Å². The summed E-state index contributed by atoms with van der Waals surface area (Å²) in [5.74, 6) is -1.36. The third-order valence-electron chi connectivity index (χ3n) is 11.1. The average molecular weight is 755 g/mol. The molecule has 0 saturated carbocycles. The topological polar surface area (TPSA) is 38.7 Å². The summed E-state index contributed by atoms with van der Waals surface area (Å²) in [6.45, 7) is 2.99. The molecule has 10 heteroatoms. The Balaban J connectivity index is 1.29. The Morgan fingerprint density at radius 1 is 0.268 bits per heavy atom. The lowest BCUT2D eigenvalue weighted by Crippen LogP contribution is -2.29. The number of nitrogens with zero attached hydrogens (tertiary/aromatic N) is 6. The van der Waals surface area contributed by atoms with E-state index in [9.17, 15) is 0 Å². The molecular weight excluding hydrogens is 713 g/mol. The zero-order valence-electron chi connectivity index (χ0n) is 31.1. The molecule has 4 aliphatic heterocycles. The largest absolute Gasteiger partial charge is 0.289 e. The molecule has 4 aliphatic rings. The minimum absolute atomic E-state index is 0.210. The normalized spacial score (nSPS) is 21.1. The van der Waals surface area contributed by atoms with E-state index in [2.05, 4.69) is 0 Å². The Morgan fingerprint density at radius 2 is 0.446 bits per heavy atom. The summed E-state index contributed by atoms with van der Waals surface area (Å²) in [6, 6.07) is 33.1. The highest BCUT2D eigenvalue weighted by Gasteiger charge is 2.24. The second kappa shape index (κ2) is 15.7. The monoisotopic (exact) mass is 754 g/mol. The maximum Gasteiger partial charge on any atom is 0.132 e. The first-order chi connectivity index (χ1) is 27.3. The van der Waals surface area contributed by atoms with Gasteiger partial charge < -0.3 is 0 Å². The van der Waals surface area contributed by atoms with Gasteiger partial charge in [-0.2, -0.15) is 0 Å². The fourth-order valence-electron chi connectivity index (χ4n) is 8.43. The molecule has 0 unspecified atom stereocenters. The second-order valence-electron chi connectivity index (χ2n) is 15.4. The Morgan fingerprint density at radius 3 is 0.643 bits per heavy atom. The molecule has 0 spiro atoms. The van der Waals surface area contributed by atoms with Crippen LogP contribution in [0.15, 0.2) is 109 Å². The molecule has 0 N–H and O–H groups in total. The lowest BCUT2D eigenvalue weighted by molar-refractivity contribution is 0.217. The molecule has 16 bridgehead atoms. The lowest BCUT2D eigenvalue weighted by atomic mass is 10.0. The molecule has 0 aliphatic carbocycles. The number of halogens is 4. The molecule has 56 heavy (non-hydrogen) atoms. The first-order valence-corrected chi connectivity index (χ1v) is 19.2. The van der Waals surface area contributed by atoms with Crippen molar-refractivity contribution in [1.29, 1.82) is 0 Å². The van der Waals surface area contributed by atoms with Crippen molar-refractivity contribution in [2.24, 2.45) is 0 Å². The van der Waals surface area contributed by atoms with Gasteiger partial charge in [0.1, 0.15) is 23.3 Å². The van der Waals surface area contributed by atoms with Crippen molar-refractivity contribution in [3.05, 3.63) is 200 Å². The minimum atomic E-state index is -0.340. The second-order valence-corrected chi connectivity index (χ2v) is 15.4. The van der Waals surface area contributed by atoms with Crippen molar-refractivity contribution in [2.45, 2.75) is 78.5 Å². The van der Waals surface area contributed by atoms with Crippen LogP contribution in [0.2, 0.25) is 0 Å². The predicted octanol–water partition coefficient (Wildman–Crippen LogP) is 8.78. The molecule has 6 aromatic rings. The smallest absolute Gasteiger partial charge is 0.132 e. The van der Waals surface area contributed by atoms with Crippen LogP contribution in [0.25, 0.3) is 0 Å². The third kappa shape index (κ3) is 7.88. The summed E-state index contributed by atoms with van der Waals surface area (Å²) in [7, 11) is 0. The number of pyridine rings is 2. The van der Waals surface area contributed by atoms with Crippen molar-refractivity contribution in [2.75, 3.05) is 0 Å². The number of aromatic nitrogens is 2. The molecule has 284 valence electrons. The van der Waals surface area contributed by atoms with Crippen LogP contribution in [0.5, 0.6) is 0 Å². The molecule has 0 amide bonds. The maximum atomic E-state index is 16.7. The molecule has 10 rings (SSSR count). The van der Waals surface area contributed by atoms with Crippen LogP contribution < -0.4 is 0 Å². The molecule has 6 heterocycles. The highest BCUT2D eigenvalue weighted by Crippen LogP contribution is 2.28. The van der Waals surface area contributed by atoms with Crippen LogP contribution in [0.4, 0.5) is 17.6 Å². The molecule has 0 atom stereocenters. The summed E-state index contributed by atoms with van der Waals surface area (Å²) in [6.07, 6.45) is 0. The molecule has 0 fully saturated rings. The van der Waals surface area contributed by atoms with Crippen LogP contribution in [-0.2, 0) is 78.5 Å². The van der Waals surface area contributed by atoms with Crippen molar-refractivity contribution in [3.63, 3.8) is 0 Å². The number of benzene rings is 4. The number of hydrogen-bond donors (Lipinski definition) is 0. The zero-order chi connectivity index (χ0) is 38.2. The van der Waals surface area contributed by atoms with Gasteiger partial charge in [-0.25, -0.2) is 17.6 Å². The van der Waals surface area contributed by atoms with Gasteiger partial charge in [0, 0.05) is 123 Å². The van der Waals surface area contributed by atoms with E-state index in [4.69, 9.17) is 9.97 Å². The van der Waals surface area contributed by atoms with Gasteiger partial charge in [0.15, 0.2) is 0 Å². The van der Waals surface area contributed by atoms with E-state index in [0.717, 1.165) is 22.8 Å². The first-order valence-electron chi connectivity index (χ1n) is 19.2. The molecule has 0 radical (unpaired) electrons. The summed E-state index contributed by atoms with van der Waals surface area (Å²) in [5, 5.41) is 0. The van der Waals surface area contributed by atoms with Gasteiger partial charge >= 0.3 is 0 Å². The SMILES string of the molecule is Fc1c2cccc1CN1Cc3cccc(n3)CN3Cc4cccc(c4F)CN(Cc4cccc(n4)CN(Cc4cccc(c4F)C1)Cc1cccc(c1F)C3)C2. The Hall–Kier alpha value is -5.26. The maximum absolute atomic E-state index is 16.7. The zero-order valence-corrected chi connectivity index (χ0v) is 31.1. The van der Waals surface area contributed by atoms with Crippen molar-refractivity contribution >= 4 is 0 Å². The van der Waals surface area contributed by atoms with E-state index in [0.29, 0.717) is 70.7 Å². The lowest BCUT2D eigenvalue weighted by Gasteiger charge is -2.29. The molecular formula is C46H42F4N6. The van der Waals surface area contributed by atoms with E-state index in [1.54, 1.807) is 48.5 Å². The van der Waals surface area contributed by atoms with Crippen molar-refractivity contribution < 1.29 is 17.6 Å². The fraction of sp³-hybridized carbons (Fsp3) is 0.261.